The summed E-state index contributed by atoms with van der Waals surface area (Å²) in [5, 5.41) is 9.06. The zero-order valence-electron chi connectivity index (χ0n) is 20.2. The largest absolute Gasteiger partial charge is 0.462 e. The van der Waals surface area contributed by atoms with Gasteiger partial charge in [0.2, 0.25) is 0 Å². The maximum atomic E-state index is 12.9. The molecule has 2 aliphatic carbocycles. The summed E-state index contributed by atoms with van der Waals surface area (Å²) in [7, 11) is -0.384. The van der Waals surface area contributed by atoms with Crippen LogP contribution in [0.5, 0.6) is 0 Å². The molecule has 7 atom stereocenters. The van der Waals surface area contributed by atoms with Crippen LogP contribution < -0.4 is 0 Å². The van der Waals surface area contributed by atoms with Crippen molar-refractivity contribution in [3.63, 3.8) is 0 Å². The Kier molecular flexibility index (Phi) is 8.26. The van der Waals surface area contributed by atoms with E-state index in [-0.39, 0.29) is 50.3 Å². The van der Waals surface area contributed by atoms with Gasteiger partial charge in [0.1, 0.15) is 12.2 Å². The second-order valence-electron chi connectivity index (χ2n) is 10.5. The number of carbonyl (C=O) groups is 2. The lowest BCUT2D eigenvalue weighted by Gasteiger charge is -2.44. The van der Waals surface area contributed by atoms with Crippen LogP contribution in [0.2, 0.25) is 0 Å². The Morgan fingerprint density at radius 1 is 1.28 bits per heavy atom. The first kappa shape index (κ1) is 25.0. The van der Waals surface area contributed by atoms with E-state index in [0.717, 1.165) is 25.7 Å². The molecule has 0 aromatic carbocycles. The third kappa shape index (κ3) is 5.85. The van der Waals surface area contributed by atoms with E-state index in [9.17, 15) is 9.59 Å². The van der Waals surface area contributed by atoms with Crippen LogP contribution in [0.3, 0.4) is 0 Å². The van der Waals surface area contributed by atoms with E-state index in [0.29, 0.717) is 24.2 Å². The van der Waals surface area contributed by atoms with Crippen molar-refractivity contribution in [1.82, 2.24) is 0 Å². The first-order chi connectivity index (χ1) is 15.1. The third-order valence-electron chi connectivity index (χ3n) is 7.64. The minimum Gasteiger partial charge on any atom is -0.462 e. The molecule has 6 nitrogen and oxygen atoms in total. The molecule has 1 aliphatic heterocycles. The highest BCUT2D eigenvalue weighted by atomic mass is 16.6. The average Bonchev–Trinajstić information content (AvgIpc) is 2.73. The molecule has 1 fully saturated rings. The third-order valence-corrected chi connectivity index (χ3v) is 7.64. The van der Waals surface area contributed by atoms with Crippen molar-refractivity contribution in [1.29, 1.82) is 0 Å². The van der Waals surface area contributed by atoms with Gasteiger partial charge in [0.05, 0.1) is 17.9 Å². The van der Waals surface area contributed by atoms with E-state index in [1.807, 2.05) is 20.8 Å². The van der Waals surface area contributed by atoms with Crippen LogP contribution >= 0.6 is 0 Å². The smallest absolute Gasteiger partial charge is 0.435 e. The summed E-state index contributed by atoms with van der Waals surface area (Å²) >= 11 is 0. The molecule has 0 spiro atoms. The summed E-state index contributed by atoms with van der Waals surface area (Å²) < 4.78 is 17.0. The predicted molar refractivity (Wildman–Crippen MR) is 124 cm³/mol. The topological polar surface area (TPSA) is 82.1 Å². The second kappa shape index (κ2) is 10.6. The van der Waals surface area contributed by atoms with Crippen LogP contribution in [-0.2, 0) is 23.7 Å². The first-order valence-electron chi connectivity index (χ1n) is 12.2. The Bertz CT molecular complexity index is 745. The number of hydrogen-bond donors (Lipinski definition) is 1. The lowest BCUT2D eigenvalue weighted by atomic mass is 9.65. The van der Waals surface area contributed by atoms with E-state index < -0.39 is 5.41 Å². The summed E-state index contributed by atoms with van der Waals surface area (Å²) in [6, 6.07) is 0. The van der Waals surface area contributed by atoms with Gasteiger partial charge in [-0.25, -0.2) is 0 Å². The molecule has 3 rings (SSSR count). The number of ether oxygens (including phenoxy) is 2. The second-order valence-corrected chi connectivity index (χ2v) is 10.5. The molecule has 0 bridgehead atoms. The zero-order chi connectivity index (χ0) is 23.5. The average molecular weight is 446 g/mol. The maximum absolute atomic E-state index is 12.9. The van der Waals surface area contributed by atoms with Crippen LogP contribution in [0.15, 0.2) is 23.8 Å². The van der Waals surface area contributed by atoms with Crippen molar-refractivity contribution in [2.24, 2.45) is 29.1 Å². The quantitative estimate of drug-likeness (QED) is 0.450. The molecule has 0 amide bonds. The van der Waals surface area contributed by atoms with Gasteiger partial charge in [-0.05, 0) is 62.9 Å². The molecule has 32 heavy (non-hydrogen) atoms. The van der Waals surface area contributed by atoms with Gasteiger partial charge in [-0.2, -0.15) is 0 Å². The molecular weight excluding hydrogens is 407 g/mol. The fourth-order valence-corrected chi connectivity index (χ4v) is 5.29. The van der Waals surface area contributed by atoms with Crippen molar-refractivity contribution in [3.05, 3.63) is 23.8 Å². The summed E-state index contributed by atoms with van der Waals surface area (Å²) in [6.07, 6.45) is 10.1. The maximum Gasteiger partial charge on any atom is 0.435 e. The molecular formula is C25H39BO6. The Morgan fingerprint density at radius 3 is 2.72 bits per heavy atom. The molecule has 0 unspecified atom stereocenters. The number of hydrogen-bond acceptors (Lipinski definition) is 6. The van der Waals surface area contributed by atoms with E-state index in [1.165, 1.54) is 5.57 Å². The van der Waals surface area contributed by atoms with Crippen LogP contribution in [-0.4, -0.2) is 43.0 Å². The summed E-state index contributed by atoms with van der Waals surface area (Å²) in [5.41, 5.74) is 0.773. The predicted octanol–water partition coefficient (Wildman–Crippen LogP) is 3.87. The zero-order valence-corrected chi connectivity index (χ0v) is 20.2. The van der Waals surface area contributed by atoms with E-state index in [2.05, 4.69) is 32.1 Å². The fourth-order valence-electron chi connectivity index (χ4n) is 5.29. The van der Waals surface area contributed by atoms with Crippen LogP contribution in [0, 0.1) is 29.1 Å². The van der Waals surface area contributed by atoms with Crippen molar-refractivity contribution in [2.75, 3.05) is 0 Å². The number of rotatable bonds is 8. The van der Waals surface area contributed by atoms with Crippen LogP contribution in [0.25, 0.3) is 0 Å². The van der Waals surface area contributed by atoms with Gasteiger partial charge in [-0.15, -0.1) is 0 Å². The van der Waals surface area contributed by atoms with Crippen molar-refractivity contribution < 1.29 is 28.7 Å². The van der Waals surface area contributed by atoms with Crippen molar-refractivity contribution in [3.8, 4) is 0 Å². The molecule has 0 saturated carbocycles. The Hall–Kier alpha value is -1.60. The molecule has 1 N–H and O–H groups in total. The monoisotopic (exact) mass is 446 g/mol. The molecule has 0 aromatic heterocycles. The van der Waals surface area contributed by atoms with Crippen molar-refractivity contribution in [2.45, 2.75) is 91.5 Å². The number of esters is 2. The molecule has 7 heteroatoms. The lowest BCUT2D eigenvalue weighted by Crippen LogP contribution is -2.43. The molecule has 0 aromatic rings. The minimum absolute atomic E-state index is 0.121. The van der Waals surface area contributed by atoms with E-state index in [4.69, 9.17) is 19.2 Å². The first-order valence-corrected chi connectivity index (χ1v) is 12.2. The SMILES string of the molecule is CCC(C)(C)C(=O)O[C@H]1C[C@@H](C)C=C2C=C[C@H](C)[C@H](CC[C@@H]3C[C@@H](OBO)CC(=O)O3)[C@H]21. The number of carbonyl (C=O) groups excluding carboxylic acids is 2. The van der Waals surface area contributed by atoms with Gasteiger partial charge in [0, 0.05) is 12.3 Å². The molecule has 178 valence electrons. The van der Waals surface area contributed by atoms with Crippen molar-refractivity contribution >= 4 is 19.6 Å². The number of fused-ring (bicyclic) bond motifs is 1. The van der Waals surface area contributed by atoms with Crippen LogP contribution in [0.1, 0.15) is 73.1 Å². The standard InChI is InChI=1S/C25H39BO6/c1-6-25(4,5)24(28)31-21-12-15(2)11-17-8-7-16(3)20(23(17)21)10-9-18-13-19(32-26-29)14-22(27)30-18/h7-8,11,15-16,18-21,23,26,29H,6,9-10,12-14H2,1-5H3/t15-,16-,18+,19+,20-,21-,23-/m0/s1. The Morgan fingerprint density at radius 2 is 2.03 bits per heavy atom. The Labute approximate surface area is 193 Å². The van der Waals surface area contributed by atoms with E-state index >= 15 is 0 Å². The van der Waals surface area contributed by atoms with Gasteiger partial charge in [0.25, 0.3) is 0 Å². The molecule has 0 radical (unpaired) electrons. The molecule has 1 heterocycles. The van der Waals surface area contributed by atoms with Gasteiger partial charge in [0.15, 0.2) is 0 Å². The van der Waals surface area contributed by atoms with Gasteiger partial charge >= 0.3 is 19.6 Å². The highest BCUT2D eigenvalue weighted by Crippen LogP contribution is 2.45. The normalized spacial score (nSPS) is 34.9. The minimum atomic E-state index is -0.492. The van der Waals surface area contributed by atoms with E-state index in [1.54, 1.807) is 0 Å². The highest BCUT2D eigenvalue weighted by molar-refractivity contribution is 6.16. The van der Waals surface area contributed by atoms with Gasteiger partial charge in [-0.1, -0.05) is 39.0 Å². The fraction of sp³-hybridized carbons (Fsp3) is 0.760. The highest BCUT2D eigenvalue weighted by Gasteiger charge is 2.43. The number of cyclic esters (lactones) is 1. The van der Waals surface area contributed by atoms with Gasteiger partial charge in [-0.3, -0.25) is 9.59 Å². The summed E-state index contributed by atoms with van der Waals surface area (Å²) in [4.78, 5) is 24.9. The molecule has 3 aliphatic rings. The van der Waals surface area contributed by atoms with Gasteiger partial charge < -0.3 is 19.2 Å². The Balaban J connectivity index is 1.74. The number of allylic oxidation sites excluding steroid dienone is 3. The molecule has 1 saturated heterocycles. The lowest BCUT2D eigenvalue weighted by molar-refractivity contribution is -0.165. The summed E-state index contributed by atoms with van der Waals surface area (Å²) in [5.74, 6) is 0.778. The van der Waals surface area contributed by atoms with Crippen LogP contribution in [0.4, 0.5) is 0 Å². The summed E-state index contributed by atoms with van der Waals surface area (Å²) in [6.45, 7) is 10.3.